The van der Waals surface area contributed by atoms with Crippen molar-refractivity contribution in [1.29, 1.82) is 0 Å². The molecule has 2 amide bonds. The van der Waals surface area contributed by atoms with Crippen molar-refractivity contribution in [3.8, 4) is 0 Å². The van der Waals surface area contributed by atoms with Gasteiger partial charge in [-0.25, -0.2) is 0 Å². The van der Waals surface area contributed by atoms with Gasteiger partial charge in [-0.3, -0.25) is 9.59 Å². The van der Waals surface area contributed by atoms with Crippen LogP contribution < -0.4 is 5.32 Å². The number of hydrogen-bond donors (Lipinski definition) is 2. The fraction of sp³-hybridized carbons (Fsp3) is 0.538. The molecule has 0 aliphatic rings. The molecule has 0 aromatic carbocycles. The number of amides is 2. The molecule has 0 bridgehead atoms. The van der Waals surface area contributed by atoms with Gasteiger partial charge in [0.15, 0.2) is 0 Å². The summed E-state index contributed by atoms with van der Waals surface area (Å²) in [5.74, 6) is -0.359. The van der Waals surface area contributed by atoms with Gasteiger partial charge in [0.2, 0.25) is 5.91 Å². The molecule has 0 saturated carbocycles. The largest absolute Gasteiger partial charge is 0.396 e. The van der Waals surface area contributed by atoms with Crippen LogP contribution in [0.15, 0.2) is 17.5 Å². The van der Waals surface area contributed by atoms with E-state index in [1.165, 1.54) is 11.3 Å². The van der Waals surface area contributed by atoms with E-state index in [2.05, 4.69) is 5.32 Å². The quantitative estimate of drug-likeness (QED) is 0.787. The first-order chi connectivity index (χ1) is 9.06. The molecule has 1 heterocycles. The first kappa shape index (κ1) is 15.7. The van der Waals surface area contributed by atoms with Gasteiger partial charge >= 0.3 is 0 Å². The number of rotatable bonds is 7. The maximum atomic E-state index is 12.0. The molecule has 0 aliphatic carbocycles. The van der Waals surface area contributed by atoms with Crippen LogP contribution in [0.5, 0.6) is 0 Å². The smallest absolute Gasteiger partial charge is 0.261 e. The zero-order chi connectivity index (χ0) is 14.3. The maximum Gasteiger partial charge on any atom is 0.261 e. The highest BCUT2D eigenvalue weighted by atomic mass is 32.1. The molecule has 0 spiro atoms. The van der Waals surface area contributed by atoms with Gasteiger partial charge in [-0.15, -0.1) is 11.3 Å². The lowest BCUT2D eigenvalue weighted by atomic mass is 10.2. The summed E-state index contributed by atoms with van der Waals surface area (Å²) in [4.78, 5) is 26.0. The van der Waals surface area contributed by atoms with Gasteiger partial charge in [0.25, 0.3) is 5.91 Å². The Balaban J connectivity index is 2.46. The third kappa shape index (κ3) is 5.00. The van der Waals surface area contributed by atoms with Crippen molar-refractivity contribution < 1.29 is 14.7 Å². The van der Waals surface area contributed by atoms with Crippen LogP contribution in [-0.4, -0.2) is 47.6 Å². The average Bonchev–Trinajstić information content (AvgIpc) is 2.89. The lowest BCUT2D eigenvalue weighted by Gasteiger charge is -2.26. The van der Waals surface area contributed by atoms with Gasteiger partial charge in [-0.05, 0) is 31.7 Å². The molecule has 0 saturated heterocycles. The van der Waals surface area contributed by atoms with Crippen LogP contribution in [0.2, 0.25) is 0 Å². The minimum absolute atomic E-state index is 0.0135. The van der Waals surface area contributed by atoms with E-state index in [9.17, 15) is 9.59 Å². The fourth-order valence-corrected chi connectivity index (χ4v) is 2.30. The Morgan fingerprint density at radius 1 is 1.47 bits per heavy atom. The molecule has 2 N–H and O–H groups in total. The highest BCUT2D eigenvalue weighted by molar-refractivity contribution is 7.12. The molecule has 0 unspecified atom stereocenters. The van der Waals surface area contributed by atoms with Gasteiger partial charge in [0, 0.05) is 19.2 Å². The lowest BCUT2D eigenvalue weighted by Crippen LogP contribution is -2.44. The molecular formula is C13H20N2O3S. The third-order valence-electron chi connectivity index (χ3n) is 2.65. The van der Waals surface area contributed by atoms with Crippen LogP contribution in [0.3, 0.4) is 0 Å². The van der Waals surface area contributed by atoms with E-state index in [-0.39, 0.29) is 31.0 Å². The van der Waals surface area contributed by atoms with Crippen LogP contribution in [-0.2, 0) is 4.79 Å². The maximum absolute atomic E-state index is 12.0. The van der Waals surface area contributed by atoms with Crippen molar-refractivity contribution in [2.24, 2.45) is 0 Å². The van der Waals surface area contributed by atoms with Crippen LogP contribution in [0, 0.1) is 0 Å². The number of carbonyl (C=O) groups excluding carboxylic acids is 2. The molecular weight excluding hydrogens is 264 g/mol. The molecule has 0 radical (unpaired) electrons. The Bertz CT molecular complexity index is 404. The predicted octanol–water partition coefficient (Wildman–Crippen LogP) is 1.10. The predicted molar refractivity (Wildman–Crippen MR) is 75.2 cm³/mol. The fourth-order valence-electron chi connectivity index (χ4n) is 1.66. The van der Waals surface area contributed by atoms with Gasteiger partial charge < -0.3 is 15.3 Å². The zero-order valence-corrected chi connectivity index (χ0v) is 12.1. The third-order valence-corrected chi connectivity index (χ3v) is 3.51. The van der Waals surface area contributed by atoms with Crippen molar-refractivity contribution >= 4 is 23.2 Å². The van der Waals surface area contributed by atoms with Crippen molar-refractivity contribution in [1.82, 2.24) is 10.2 Å². The number of carbonyl (C=O) groups is 2. The molecule has 0 aliphatic heterocycles. The number of aliphatic hydroxyl groups is 1. The molecule has 106 valence electrons. The number of thiophene rings is 1. The standard InChI is InChI=1S/C13H20N2O3S/c1-10(2)15(6-4-7-16)12(17)9-14-13(18)11-5-3-8-19-11/h3,5,8,10,16H,4,6-7,9H2,1-2H3,(H,14,18). The Kier molecular flexibility index (Phi) is 6.52. The zero-order valence-electron chi connectivity index (χ0n) is 11.3. The van der Waals surface area contributed by atoms with Crippen LogP contribution in [0.1, 0.15) is 29.9 Å². The van der Waals surface area contributed by atoms with E-state index in [0.29, 0.717) is 17.8 Å². The highest BCUT2D eigenvalue weighted by Gasteiger charge is 2.17. The second kappa shape index (κ2) is 7.91. The van der Waals surface area contributed by atoms with E-state index >= 15 is 0 Å². The van der Waals surface area contributed by atoms with E-state index < -0.39 is 0 Å². The topological polar surface area (TPSA) is 69.6 Å². The minimum Gasteiger partial charge on any atom is -0.396 e. The van der Waals surface area contributed by atoms with E-state index in [1.54, 1.807) is 17.0 Å². The number of hydrogen-bond acceptors (Lipinski definition) is 4. The van der Waals surface area contributed by atoms with Crippen LogP contribution in [0.25, 0.3) is 0 Å². The normalized spacial score (nSPS) is 10.5. The summed E-state index contributed by atoms with van der Waals surface area (Å²) in [6.07, 6.45) is 0.544. The van der Waals surface area contributed by atoms with Crippen molar-refractivity contribution in [2.45, 2.75) is 26.3 Å². The molecule has 19 heavy (non-hydrogen) atoms. The Labute approximate surface area is 117 Å². The van der Waals surface area contributed by atoms with Crippen LogP contribution in [0.4, 0.5) is 0 Å². The minimum atomic E-state index is -0.228. The number of nitrogens with one attached hydrogen (secondary N) is 1. The Hall–Kier alpha value is -1.40. The SMILES string of the molecule is CC(C)N(CCCO)C(=O)CNC(=O)c1cccs1. The molecule has 0 fully saturated rings. The molecule has 1 aromatic heterocycles. The monoisotopic (exact) mass is 284 g/mol. The summed E-state index contributed by atoms with van der Waals surface area (Å²) in [6.45, 7) is 4.37. The summed E-state index contributed by atoms with van der Waals surface area (Å²) < 4.78 is 0. The Morgan fingerprint density at radius 2 is 2.21 bits per heavy atom. The molecule has 1 aromatic rings. The lowest BCUT2D eigenvalue weighted by molar-refractivity contribution is -0.131. The van der Waals surface area contributed by atoms with Crippen LogP contribution >= 0.6 is 11.3 Å². The molecule has 6 heteroatoms. The first-order valence-corrected chi connectivity index (χ1v) is 7.16. The van der Waals surface area contributed by atoms with Crippen molar-refractivity contribution in [2.75, 3.05) is 19.7 Å². The second-order valence-corrected chi connectivity index (χ2v) is 5.37. The molecule has 0 atom stereocenters. The van der Waals surface area contributed by atoms with E-state index in [4.69, 9.17) is 5.11 Å². The molecule has 1 rings (SSSR count). The van der Waals surface area contributed by atoms with Crippen molar-refractivity contribution in [3.05, 3.63) is 22.4 Å². The average molecular weight is 284 g/mol. The van der Waals surface area contributed by atoms with E-state index in [0.717, 1.165) is 0 Å². The summed E-state index contributed by atoms with van der Waals surface area (Å²) in [5, 5.41) is 13.2. The number of nitrogens with zero attached hydrogens (tertiary/aromatic N) is 1. The second-order valence-electron chi connectivity index (χ2n) is 4.42. The highest BCUT2D eigenvalue weighted by Crippen LogP contribution is 2.07. The molecule has 5 nitrogen and oxygen atoms in total. The van der Waals surface area contributed by atoms with Gasteiger partial charge in [-0.2, -0.15) is 0 Å². The van der Waals surface area contributed by atoms with Crippen molar-refractivity contribution in [3.63, 3.8) is 0 Å². The van der Waals surface area contributed by atoms with Gasteiger partial charge in [-0.1, -0.05) is 6.07 Å². The van der Waals surface area contributed by atoms with Gasteiger partial charge in [0.1, 0.15) is 0 Å². The van der Waals surface area contributed by atoms with Gasteiger partial charge in [0.05, 0.1) is 11.4 Å². The number of aliphatic hydroxyl groups excluding tert-OH is 1. The van der Waals surface area contributed by atoms with E-state index in [1.807, 2.05) is 19.2 Å². The summed E-state index contributed by atoms with van der Waals surface area (Å²) in [6, 6.07) is 3.57. The summed E-state index contributed by atoms with van der Waals surface area (Å²) in [7, 11) is 0. The Morgan fingerprint density at radius 3 is 2.74 bits per heavy atom. The summed E-state index contributed by atoms with van der Waals surface area (Å²) >= 11 is 1.34. The summed E-state index contributed by atoms with van der Waals surface area (Å²) in [5.41, 5.74) is 0. The first-order valence-electron chi connectivity index (χ1n) is 6.28.